The van der Waals surface area contributed by atoms with E-state index in [2.05, 4.69) is 15.4 Å². The van der Waals surface area contributed by atoms with Crippen LogP contribution < -0.4 is 0 Å². The van der Waals surface area contributed by atoms with E-state index >= 15 is 0 Å². The Hall–Kier alpha value is -2.27. The van der Waals surface area contributed by atoms with Crippen molar-refractivity contribution in [1.29, 1.82) is 0 Å². The predicted molar refractivity (Wildman–Crippen MR) is 78.1 cm³/mol. The molecule has 1 unspecified atom stereocenters. The Morgan fingerprint density at radius 3 is 2.43 bits per heavy atom. The summed E-state index contributed by atoms with van der Waals surface area (Å²) in [6.45, 7) is 3.85. The summed E-state index contributed by atoms with van der Waals surface area (Å²) < 4.78 is 13.1. The summed E-state index contributed by atoms with van der Waals surface area (Å²) in [5.41, 5.74) is 1.66. The second-order valence-electron chi connectivity index (χ2n) is 5.47. The minimum Gasteiger partial charge on any atom is -0.380 e. The van der Waals surface area contributed by atoms with Crippen molar-refractivity contribution in [3.63, 3.8) is 0 Å². The van der Waals surface area contributed by atoms with Crippen LogP contribution >= 0.6 is 0 Å². The normalized spacial score (nSPS) is 14.5. The van der Waals surface area contributed by atoms with Crippen molar-refractivity contribution in [3.8, 4) is 0 Å². The minimum absolute atomic E-state index is 0.0905. The van der Waals surface area contributed by atoms with Crippen LogP contribution in [0.4, 0.5) is 4.39 Å². The van der Waals surface area contributed by atoms with Gasteiger partial charge in [0.25, 0.3) is 0 Å². The van der Waals surface area contributed by atoms with Crippen molar-refractivity contribution in [1.82, 2.24) is 15.4 Å². The lowest BCUT2D eigenvalue weighted by Crippen LogP contribution is -2.33. The van der Waals surface area contributed by atoms with Gasteiger partial charge in [0.1, 0.15) is 16.9 Å². The standard InChI is InChI=1S/C16H16FN3O/c1-10(2)16(21,11-3-6-13(17)7-4-11)12-5-8-14-15(9-12)19-20-18-14/h3-10,21H,1-2H3,(H,18,19,20). The Labute approximate surface area is 121 Å². The molecule has 0 amide bonds. The molecule has 108 valence electrons. The minimum atomic E-state index is -1.21. The summed E-state index contributed by atoms with van der Waals surface area (Å²) in [5.74, 6) is -0.413. The lowest BCUT2D eigenvalue weighted by atomic mass is 9.77. The molecular weight excluding hydrogens is 269 g/mol. The number of hydrogen-bond donors (Lipinski definition) is 2. The Morgan fingerprint density at radius 2 is 1.76 bits per heavy atom. The monoisotopic (exact) mass is 285 g/mol. The number of nitrogens with zero attached hydrogens (tertiary/aromatic N) is 2. The fraction of sp³-hybridized carbons (Fsp3) is 0.250. The predicted octanol–water partition coefficient (Wildman–Crippen LogP) is 2.99. The number of rotatable bonds is 3. The van der Waals surface area contributed by atoms with Crippen LogP contribution in [-0.4, -0.2) is 20.5 Å². The number of aliphatic hydroxyl groups is 1. The number of H-pyrrole nitrogens is 1. The number of fused-ring (bicyclic) bond motifs is 1. The van der Waals surface area contributed by atoms with Gasteiger partial charge in [-0.3, -0.25) is 5.10 Å². The zero-order valence-electron chi connectivity index (χ0n) is 11.8. The van der Waals surface area contributed by atoms with E-state index in [0.717, 1.165) is 5.52 Å². The van der Waals surface area contributed by atoms with Crippen LogP contribution in [0.25, 0.3) is 11.0 Å². The SMILES string of the molecule is CC(C)C(O)(c1ccc(F)cc1)c1ccc2[nH]nnc2c1. The topological polar surface area (TPSA) is 61.8 Å². The number of aromatic nitrogens is 3. The summed E-state index contributed by atoms with van der Waals surface area (Å²) in [6, 6.07) is 11.4. The summed E-state index contributed by atoms with van der Waals surface area (Å²) in [4.78, 5) is 0. The van der Waals surface area contributed by atoms with Crippen molar-refractivity contribution >= 4 is 11.0 Å². The van der Waals surface area contributed by atoms with Crippen LogP contribution in [0.3, 0.4) is 0 Å². The van der Waals surface area contributed by atoms with Gasteiger partial charge in [0.15, 0.2) is 0 Å². The third-order valence-corrected chi connectivity index (χ3v) is 3.89. The summed E-state index contributed by atoms with van der Waals surface area (Å²) in [5, 5.41) is 21.8. The van der Waals surface area contributed by atoms with Crippen LogP contribution in [0.1, 0.15) is 25.0 Å². The van der Waals surface area contributed by atoms with Crippen molar-refractivity contribution in [2.75, 3.05) is 0 Å². The van der Waals surface area contributed by atoms with E-state index in [4.69, 9.17) is 0 Å². The van der Waals surface area contributed by atoms with Gasteiger partial charge in [-0.05, 0) is 41.3 Å². The molecule has 0 aliphatic carbocycles. The highest BCUT2D eigenvalue weighted by Crippen LogP contribution is 2.37. The maximum Gasteiger partial charge on any atom is 0.123 e. The molecule has 3 rings (SSSR count). The average molecular weight is 285 g/mol. The molecule has 5 heteroatoms. The highest BCUT2D eigenvalue weighted by molar-refractivity contribution is 5.74. The first-order chi connectivity index (χ1) is 10.0. The van der Waals surface area contributed by atoms with E-state index in [1.807, 2.05) is 32.0 Å². The Bertz CT molecular complexity index is 767. The highest BCUT2D eigenvalue weighted by atomic mass is 19.1. The van der Waals surface area contributed by atoms with Crippen molar-refractivity contribution in [3.05, 3.63) is 59.4 Å². The maximum absolute atomic E-state index is 13.1. The molecule has 0 radical (unpaired) electrons. The molecule has 0 aliphatic heterocycles. The van der Waals surface area contributed by atoms with Gasteiger partial charge in [0, 0.05) is 0 Å². The van der Waals surface area contributed by atoms with Crippen LogP contribution in [0.2, 0.25) is 0 Å². The first-order valence-electron chi connectivity index (χ1n) is 6.81. The smallest absolute Gasteiger partial charge is 0.123 e. The van der Waals surface area contributed by atoms with Gasteiger partial charge in [0.2, 0.25) is 0 Å². The van der Waals surface area contributed by atoms with Crippen LogP contribution in [0.15, 0.2) is 42.5 Å². The Kier molecular flexibility index (Phi) is 3.22. The first kappa shape index (κ1) is 13.7. The maximum atomic E-state index is 13.1. The van der Waals surface area contributed by atoms with Gasteiger partial charge in [-0.2, -0.15) is 0 Å². The third kappa shape index (κ3) is 2.19. The van der Waals surface area contributed by atoms with Gasteiger partial charge >= 0.3 is 0 Å². The number of halogens is 1. The molecular formula is C16H16FN3O. The van der Waals surface area contributed by atoms with E-state index in [-0.39, 0.29) is 11.7 Å². The van der Waals surface area contributed by atoms with Crippen LogP contribution in [0, 0.1) is 11.7 Å². The largest absolute Gasteiger partial charge is 0.380 e. The van der Waals surface area contributed by atoms with Crippen LogP contribution in [-0.2, 0) is 5.60 Å². The van der Waals surface area contributed by atoms with Crippen LogP contribution in [0.5, 0.6) is 0 Å². The molecule has 2 aromatic carbocycles. The van der Waals surface area contributed by atoms with E-state index in [1.165, 1.54) is 12.1 Å². The molecule has 3 aromatic rings. The van der Waals surface area contributed by atoms with E-state index in [0.29, 0.717) is 16.6 Å². The Balaban J connectivity index is 2.17. The first-order valence-corrected chi connectivity index (χ1v) is 6.81. The summed E-state index contributed by atoms with van der Waals surface area (Å²) >= 11 is 0. The van der Waals surface area contributed by atoms with E-state index in [1.54, 1.807) is 12.1 Å². The third-order valence-electron chi connectivity index (χ3n) is 3.89. The number of nitrogens with one attached hydrogen (secondary N) is 1. The van der Waals surface area contributed by atoms with Gasteiger partial charge in [-0.25, -0.2) is 4.39 Å². The van der Waals surface area contributed by atoms with Crippen molar-refractivity contribution < 1.29 is 9.50 Å². The molecule has 1 heterocycles. The molecule has 1 atom stereocenters. The second kappa shape index (κ2) is 4.93. The van der Waals surface area contributed by atoms with Gasteiger partial charge < -0.3 is 5.11 Å². The number of benzene rings is 2. The Morgan fingerprint density at radius 1 is 1.10 bits per heavy atom. The molecule has 2 N–H and O–H groups in total. The number of aromatic amines is 1. The fourth-order valence-corrected chi connectivity index (χ4v) is 2.62. The van der Waals surface area contributed by atoms with Crippen molar-refractivity contribution in [2.24, 2.45) is 5.92 Å². The molecule has 4 nitrogen and oxygen atoms in total. The second-order valence-corrected chi connectivity index (χ2v) is 5.47. The molecule has 0 bridgehead atoms. The molecule has 1 aromatic heterocycles. The quantitative estimate of drug-likeness (QED) is 0.777. The zero-order valence-corrected chi connectivity index (χ0v) is 11.8. The lowest BCUT2D eigenvalue weighted by Gasteiger charge is -2.33. The molecule has 0 fully saturated rings. The summed E-state index contributed by atoms with van der Waals surface area (Å²) in [7, 11) is 0. The highest BCUT2D eigenvalue weighted by Gasteiger charge is 2.35. The fourth-order valence-electron chi connectivity index (χ4n) is 2.62. The zero-order chi connectivity index (χ0) is 15.0. The summed E-state index contributed by atoms with van der Waals surface area (Å²) in [6.07, 6.45) is 0. The van der Waals surface area contributed by atoms with E-state index in [9.17, 15) is 9.50 Å². The molecule has 0 aliphatic rings. The van der Waals surface area contributed by atoms with Gasteiger partial charge in [0.05, 0.1) is 5.52 Å². The lowest BCUT2D eigenvalue weighted by molar-refractivity contribution is 0.0318. The number of hydrogen-bond acceptors (Lipinski definition) is 3. The van der Waals surface area contributed by atoms with Crippen molar-refractivity contribution in [2.45, 2.75) is 19.4 Å². The van der Waals surface area contributed by atoms with Gasteiger partial charge in [-0.15, -0.1) is 5.10 Å². The molecule has 0 saturated heterocycles. The molecule has 0 saturated carbocycles. The van der Waals surface area contributed by atoms with E-state index < -0.39 is 5.60 Å². The van der Waals surface area contributed by atoms with Gasteiger partial charge in [-0.1, -0.05) is 37.3 Å². The average Bonchev–Trinajstić information content (AvgIpc) is 2.94. The molecule has 21 heavy (non-hydrogen) atoms. The molecule has 0 spiro atoms.